The number of para-hydroxylation sites is 1. The Bertz CT molecular complexity index is 998. The van der Waals surface area contributed by atoms with Crippen LogP contribution in [0.25, 0.3) is 10.9 Å². The van der Waals surface area contributed by atoms with E-state index in [-0.39, 0.29) is 23.8 Å². The predicted molar refractivity (Wildman–Crippen MR) is 120 cm³/mol. The van der Waals surface area contributed by atoms with Gasteiger partial charge in [-0.05, 0) is 48.9 Å². The summed E-state index contributed by atoms with van der Waals surface area (Å²) in [5.74, 6) is 0.0571. The van der Waals surface area contributed by atoms with Crippen LogP contribution in [0.1, 0.15) is 17.7 Å². The first kappa shape index (κ1) is 20.6. The molecule has 2 atom stereocenters. The summed E-state index contributed by atoms with van der Waals surface area (Å²) in [6.45, 7) is 2.36. The summed E-state index contributed by atoms with van der Waals surface area (Å²) >= 11 is 1.65. The van der Waals surface area contributed by atoms with Gasteiger partial charge in [-0.3, -0.25) is 9.59 Å². The maximum Gasteiger partial charge on any atom is 0.240 e. The van der Waals surface area contributed by atoms with Crippen LogP contribution in [0.3, 0.4) is 0 Å². The second-order valence-electron chi connectivity index (χ2n) is 8.06. The molecule has 1 aliphatic heterocycles. The standard InChI is InChI=1S/C23H28N4O2S/c1-26-14-18(23(29)24-13-20-6-4-12-30-20)8-9-19(15-26)25-22(28)16-27-11-10-17-5-2-3-7-21(17)27/h2-7,10-12,18-19H,8-9,13-16H2,1H3,(H,24,29)(H,25,28)/t18-,19+/m1/s1. The van der Waals surface area contributed by atoms with Gasteiger partial charge in [0, 0.05) is 35.7 Å². The summed E-state index contributed by atoms with van der Waals surface area (Å²) in [5, 5.41) is 9.39. The number of fused-ring (bicyclic) bond motifs is 1. The van der Waals surface area contributed by atoms with Gasteiger partial charge in [0.1, 0.15) is 6.54 Å². The third-order valence-electron chi connectivity index (χ3n) is 5.67. The Morgan fingerprint density at radius 1 is 1.10 bits per heavy atom. The highest BCUT2D eigenvalue weighted by atomic mass is 32.1. The lowest BCUT2D eigenvalue weighted by Gasteiger charge is -2.22. The van der Waals surface area contributed by atoms with Crippen LogP contribution < -0.4 is 10.6 Å². The highest BCUT2D eigenvalue weighted by Crippen LogP contribution is 2.18. The molecule has 1 fully saturated rings. The van der Waals surface area contributed by atoms with Gasteiger partial charge in [0.2, 0.25) is 11.8 Å². The highest BCUT2D eigenvalue weighted by Gasteiger charge is 2.27. The van der Waals surface area contributed by atoms with Gasteiger partial charge in [-0.25, -0.2) is 0 Å². The van der Waals surface area contributed by atoms with Gasteiger partial charge < -0.3 is 20.1 Å². The van der Waals surface area contributed by atoms with Crippen LogP contribution in [0.15, 0.2) is 54.0 Å². The van der Waals surface area contributed by atoms with Gasteiger partial charge in [-0.1, -0.05) is 24.3 Å². The fraction of sp³-hybridized carbons (Fsp3) is 0.391. The van der Waals surface area contributed by atoms with Crippen molar-refractivity contribution in [2.75, 3.05) is 20.1 Å². The molecule has 1 aromatic carbocycles. The number of aromatic nitrogens is 1. The number of rotatable bonds is 6. The molecule has 0 unspecified atom stereocenters. The second-order valence-corrected chi connectivity index (χ2v) is 9.09. The number of carbonyl (C=O) groups is 2. The molecule has 2 amide bonds. The van der Waals surface area contributed by atoms with Gasteiger partial charge in [0.15, 0.2) is 0 Å². The molecule has 4 rings (SSSR count). The Hall–Kier alpha value is -2.64. The van der Waals surface area contributed by atoms with Crippen LogP contribution >= 0.6 is 11.3 Å². The molecule has 2 N–H and O–H groups in total. The van der Waals surface area contributed by atoms with Crippen molar-refractivity contribution in [1.29, 1.82) is 0 Å². The molecule has 3 aromatic rings. The summed E-state index contributed by atoms with van der Waals surface area (Å²) in [7, 11) is 2.02. The first-order valence-corrected chi connectivity index (χ1v) is 11.3. The molecule has 0 saturated carbocycles. The van der Waals surface area contributed by atoms with Crippen molar-refractivity contribution in [3.63, 3.8) is 0 Å². The van der Waals surface area contributed by atoms with Gasteiger partial charge in [-0.2, -0.15) is 0 Å². The number of hydrogen-bond acceptors (Lipinski definition) is 4. The SMILES string of the molecule is CN1C[C@@H](NC(=O)Cn2ccc3ccccc32)CC[C@@H](C(=O)NCc2cccs2)C1. The average molecular weight is 425 g/mol. The zero-order valence-corrected chi connectivity index (χ0v) is 18.0. The lowest BCUT2D eigenvalue weighted by atomic mass is 10.0. The van der Waals surface area contributed by atoms with Crippen LogP contribution in [0, 0.1) is 5.92 Å². The number of nitrogens with zero attached hydrogens (tertiary/aromatic N) is 2. The van der Waals surface area contributed by atoms with Gasteiger partial charge >= 0.3 is 0 Å². The Morgan fingerprint density at radius 3 is 2.80 bits per heavy atom. The molecule has 3 heterocycles. The normalized spacial score (nSPS) is 20.0. The fourth-order valence-corrected chi connectivity index (χ4v) is 4.83. The maximum absolute atomic E-state index is 12.7. The molecule has 0 spiro atoms. The van der Waals surface area contributed by atoms with Crippen LogP contribution in [0.4, 0.5) is 0 Å². The van der Waals surface area contributed by atoms with Crippen molar-refractivity contribution >= 4 is 34.1 Å². The van der Waals surface area contributed by atoms with E-state index in [1.165, 1.54) is 0 Å². The summed E-state index contributed by atoms with van der Waals surface area (Å²) in [4.78, 5) is 28.6. The quantitative estimate of drug-likeness (QED) is 0.640. The van der Waals surface area contributed by atoms with E-state index >= 15 is 0 Å². The molecular weight excluding hydrogens is 396 g/mol. The smallest absolute Gasteiger partial charge is 0.240 e. The number of hydrogen-bond donors (Lipinski definition) is 2. The van der Waals surface area contributed by atoms with E-state index in [4.69, 9.17) is 0 Å². The largest absolute Gasteiger partial charge is 0.351 e. The molecule has 1 aliphatic rings. The summed E-state index contributed by atoms with van der Waals surface area (Å²) in [5.41, 5.74) is 1.06. The lowest BCUT2D eigenvalue weighted by molar-refractivity contribution is -0.125. The third-order valence-corrected chi connectivity index (χ3v) is 6.55. The van der Waals surface area contributed by atoms with Crippen LogP contribution in [-0.4, -0.2) is 47.5 Å². The van der Waals surface area contributed by atoms with E-state index in [9.17, 15) is 9.59 Å². The van der Waals surface area contributed by atoms with E-state index in [2.05, 4.69) is 15.5 Å². The number of amides is 2. The number of thiophene rings is 1. The highest BCUT2D eigenvalue weighted by molar-refractivity contribution is 7.09. The second kappa shape index (κ2) is 9.45. The van der Waals surface area contributed by atoms with Crippen molar-refractivity contribution in [2.45, 2.75) is 32.0 Å². The summed E-state index contributed by atoms with van der Waals surface area (Å²) in [6.07, 6.45) is 3.54. The Labute approximate surface area is 180 Å². The minimum Gasteiger partial charge on any atom is -0.351 e. The zero-order chi connectivity index (χ0) is 20.9. The molecular formula is C23H28N4O2S. The first-order valence-electron chi connectivity index (χ1n) is 10.4. The Balaban J connectivity index is 1.30. The minimum absolute atomic E-state index is 0.00958. The summed E-state index contributed by atoms with van der Waals surface area (Å²) < 4.78 is 1.98. The zero-order valence-electron chi connectivity index (χ0n) is 17.2. The van der Waals surface area contributed by atoms with Crippen molar-refractivity contribution in [1.82, 2.24) is 20.1 Å². The first-order chi connectivity index (χ1) is 14.6. The third kappa shape index (κ3) is 5.09. The van der Waals surface area contributed by atoms with E-state index in [0.717, 1.165) is 35.2 Å². The van der Waals surface area contributed by atoms with Crippen LogP contribution in [0.5, 0.6) is 0 Å². The van der Waals surface area contributed by atoms with Crippen LogP contribution in [-0.2, 0) is 22.7 Å². The molecule has 2 aromatic heterocycles. The average Bonchev–Trinajstić information content (AvgIpc) is 3.35. The fourth-order valence-electron chi connectivity index (χ4n) is 4.18. The minimum atomic E-state index is -0.0507. The number of nitrogens with one attached hydrogen (secondary N) is 2. The number of likely N-dealkylation sites (tertiary alicyclic amines) is 1. The van der Waals surface area contributed by atoms with Crippen molar-refractivity contribution in [3.8, 4) is 0 Å². The molecule has 30 heavy (non-hydrogen) atoms. The molecule has 0 aliphatic carbocycles. The number of likely N-dealkylation sites (N-methyl/N-ethyl adjacent to an activating group) is 1. The van der Waals surface area contributed by atoms with Crippen molar-refractivity contribution < 1.29 is 9.59 Å². The predicted octanol–water partition coefficient (Wildman–Crippen LogP) is 2.85. The molecule has 0 radical (unpaired) electrons. The van der Waals surface area contributed by atoms with Gasteiger partial charge in [0.05, 0.1) is 12.5 Å². The summed E-state index contributed by atoms with van der Waals surface area (Å²) in [6, 6.07) is 14.2. The maximum atomic E-state index is 12.7. The van der Waals surface area contributed by atoms with Crippen LogP contribution in [0.2, 0.25) is 0 Å². The van der Waals surface area contributed by atoms with Crippen molar-refractivity contribution in [2.24, 2.45) is 5.92 Å². The van der Waals surface area contributed by atoms with E-state index in [1.807, 2.05) is 65.7 Å². The number of benzene rings is 1. The van der Waals surface area contributed by atoms with E-state index < -0.39 is 0 Å². The van der Waals surface area contributed by atoms with Crippen molar-refractivity contribution in [3.05, 3.63) is 58.9 Å². The molecule has 0 bridgehead atoms. The monoisotopic (exact) mass is 424 g/mol. The molecule has 6 nitrogen and oxygen atoms in total. The van der Waals surface area contributed by atoms with E-state index in [1.54, 1.807) is 11.3 Å². The van der Waals surface area contributed by atoms with E-state index in [0.29, 0.717) is 19.6 Å². The Kier molecular flexibility index (Phi) is 6.50. The molecule has 158 valence electrons. The number of carbonyl (C=O) groups excluding carboxylic acids is 2. The lowest BCUT2D eigenvalue weighted by Crippen LogP contribution is -2.43. The molecule has 7 heteroatoms. The van der Waals surface area contributed by atoms with Gasteiger partial charge in [-0.15, -0.1) is 11.3 Å². The topological polar surface area (TPSA) is 66.4 Å². The Morgan fingerprint density at radius 2 is 1.97 bits per heavy atom. The molecule has 1 saturated heterocycles. The van der Waals surface area contributed by atoms with Gasteiger partial charge in [0.25, 0.3) is 0 Å².